The van der Waals surface area contributed by atoms with Crippen LogP contribution in [0.1, 0.15) is 57.3 Å². The molecule has 0 aliphatic carbocycles. The topological polar surface area (TPSA) is 76.7 Å². The summed E-state index contributed by atoms with van der Waals surface area (Å²) in [7, 11) is 0. The molecule has 1 atom stereocenters. The summed E-state index contributed by atoms with van der Waals surface area (Å²) in [5, 5.41) is 10.1. The van der Waals surface area contributed by atoms with Crippen LogP contribution in [0.25, 0.3) is 5.00 Å². The number of aliphatic imine (C=N–C) groups is 1. The van der Waals surface area contributed by atoms with Crippen LogP contribution in [-0.2, 0) is 17.8 Å². The Hall–Kier alpha value is -2.91. The molecule has 0 radical (unpaired) electrons. The molecule has 0 bridgehead atoms. The molecule has 30 heavy (non-hydrogen) atoms. The molecule has 0 saturated carbocycles. The van der Waals surface area contributed by atoms with E-state index in [2.05, 4.69) is 9.98 Å². The van der Waals surface area contributed by atoms with Gasteiger partial charge in [-0.25, -0.2) is 18.6 Å². The average molecular weight is 429 g/mol. The zero-order valence-corrected chi connectivity index (χ0v) is 16.8. The smallest absolute Gasteiger partial charge is 0.356 e. The SMILES string of the molecule is C[C@@H]1N=C(c2c(F)cccc2F)c2c(sc3c2COCCC3)-n2cc(C(=O)O)nc21. The van der Waals surface area contributed by atoms with E-state index in [0.717, 1.165) is 23.3 Å². The lowest BCUT2D eigenvalue weighted by molar-refractivity contribution is 0.0691. The van der Waals surface area contributed by atoms with Crippen LogP contribution in [-0.4, -0.2) is 32.9 Å². The number of carbonyl (C=O) groups is 1. The highest BCUT2D eigenvalue weighted by Gasteiger charge is 2.33. The predicted molar refractivity (Wildman–Crippen MR) is 107 cm³/mol. The molecule has 1 aromatic carbocycles. The van der Waals surface area contributed by atoms with Crippen LogP contribution in [0.15, 0.2) is 29.4 Å². The number of rotatable bonds is 2. The summed E-state index contributed by atoms with van der Waals surface area (Å²) in [5.41, 5.74) is 1.34. The highest BCUT2D eigenvalue weighted by molar-refractivity contribution is 7.15. The van der Waals surface area contributed by atoms with E-state index < -0.39 is 23.6 Å². The Morgan fingerprint density at radius 3 is 2.80 bits per heavy atom. The second kappa shape index (κ2) is 7.10. The van der Waals surface area contributed by atoms with Crippen molar-refractivity contribution >= 4 is 23.0 Å². The van der Waals surface area contributed by atoms with Crippen molar-refractivity contribution in [3.8, 4) is 5.00 Å². The minimum Gasteiger partial charge on any atom is -0.476 e. The van der Waals surface area contributed by atoms with Crippen LogP contribution < -0.4 is 0 Å². The second-order valence-corrected chi connectivity index (χ2v) is 8.33. The maximum atomic E-state index is 14.8. The number of aromatic carboxylic acids is 1. The number of hydrogen-bond acceptors (Lipinski definition) is 5. The number of aromatic nitrogens is 2. The maximum Gasteiger partial charge on any atom is 0.356 e. The first-order valence-corrected chi connectivity index (χ1v) is 10.3. The number of hydrogen-bond donors (Lipinski definition) is 1. The number of fused-ring (bicyclic) bond motifs is 5. The fourth-order valence-corrected chi connectivity index (χ4v) is 5.29. The first kappa shape index (κ1) is 19.1. The van der Waals surface area contributed by atoms with Gasteiger partial charge in [0.25, 0.3) is 0 Å². The quantitative estimate of drug-likeness (QED) is 0.660. The van der Waals surface area contributed by atoms with Gasteiger partial charge in [0.05, 0.1) is 17.9 Å². The number of aryl methyl sites for hydroxylation is 1. The zero-order valence-electron chi connectivity index (χ0n) is 16.0. The molecule has 0 saturated heterocycles. The lowest BCUT2D eigenvalue weighted by Gasteiger charge is -2.12. The van der Waals surface area contributed by atoms with Gasteiger partial charge in [0.15, 0.2) is 5.69 Å². The molecule has 4 heterocycles. The number of carboxylic acid groups (broad SMARTS) is 1. The van der Waals surface area contributed by atoms with Crippen molar-refractivity contribution in [3.63, 3.8) is 0 Å². The minimum absolute atomic E-state index is 0.0987. The van der Waals surface area contributed by atoms with E-state index in [1.165, 1.54) is 35.7 Å². The summed E-state index contributed by atoms with van der Waals surface area (Å²) >= 11 is 1.47. The number of imidazole rings is 1. The van der Waals surface area contributed by atoms with Gasteiger partial charge in [-0.15, -0.1) is 11.3 Å². The van der Waals surface area contributed by atoms with Gasteiger partial charge >= 0.3 is 5.97 Å². The third-order valence-electron chi connectivity index (χ3n) is 5.31. The fraction of sp³-hybridized carbons (Fsp3) is 0.286. The van der Waals surface area contributed by atoms with Crippen LogP contribution >= 0.6 is 11.3 Å². The molecular weight excluding hydrogens is 412 g/mol. The molecular formula is C21H17F2N3O3S. The molecule has 0 unspecified atom stereocenters. The summed E-state index contributed by atoms with van der Waals surface area (Å²) in [4.78, 5) is 21.4. The number of benzene rings is 1. The Kier molecular flexibility index (Phi) is 4.52. The van der Waals surface area contributed by atoms with Gasteiger partial charge in [-0.05, 0) is 31.9 Å². The minimum atomic E-state index is -1.14. The van der Waals surface area contributed by atoms with Crippen LogP contribution in [0.2, 0.25) is 0 Å². The fourth-order valence-electron chi connectivity index (χ4n) is 3.96. The highest BCUT2D eigenvalue weighted by Crippen LogP contribution is 2.41. The van der Waals surface area contributed by atoms with E-state index in [9.17, 15) is 18.7 Å². The van der Waals surface area contributed by atoms with Crippen LogP contribution in [0, 0.1) is 11.6 Å². The monoisotopic (exact) mass is 429 g/mol. The van der Waals surface area contributed by atoms with Gasteiger partial charge in [-0.3, -0.25) is 9.56 Å². The molecule has 0 fully saturated rings. The Bertz CT molecular complexity index is 1190. The van der Waals surface area contributed by atoms with Crippen molar-refractivity contribution in [1.82, 2.24) is 9.55 Å². The number of nitrogens with zero attached hydrogens (tertiary/aromatic N) is 3. The van der Waals surface area contributed by atoms with Crippen molar-refractivity contribution in [3.05, 3.63) is 69.1 Å². The van der Waals surface area contributed by atoms with Gasteiger partial charge in [-0.1, -0.05) is 6.07 Å². The van der Waals surface area contributed by atoms with Crippen LogP contribution in [0.4, 0.5) is 8.78 Å². The number of halogens is 2. The van der Waals surface area contributed by atoms with E-state index in [4.69, 9.17) is 4.74 Å². The summed E-state index contributed by atoms with van der Waals surface area (Å²) in [6.45, 7) is 2.64. The third-order valence-corrected chi connectivity index (χ3v) is 6.61. The van der Waals surface area contributed by atoms with E-state index in [1.54, 1.807) is 11.5 Å². The standard InChI is InChI=1S/C21H17F2N3O3S/c1-10-19-25-14(21(27)28)8-26(19)20-16(11-9-29-7-3-6-15(11)30-20)18(24-10)17-12(22)4-2-5-13(17)23/h2,4-5,8,10H,3,6-7,9H2,1H3,(H,27,28)/t10-/m0/s1. The number of carboxylic acids is 1. The Morgan fingerprint density at radius 2 is 2.07 bits per heavy atom. The molecule has 1 N–H and O–H groups in total. The Balaban J connectivity index is 1.84. The molecule has 3 aromatic rings. The van der Waals surface area contributed by atoms with E-state index in [-0.39, 0.29) is 17.0 Å². The van der Waals surface area contributed by atoms with Crippen molar-refractivity contribution in [2.75, 3.05) is 6.61 Å². The Labute approximate surface area is 174 Å². The van der Waals surface area contributed by atoms with E-state index >= 15 is 0 Å². The van der Waals surface area contributed by atoms with E-state index in [1.807, 2.05) is 0 Å². The first-order valence-electron chi connectivity index (χ1n) is 9.53. The molecule has 5 rings (SSSR count). The van der Waals surface area contributed by atoms with Crippen LogP contribution in [0.3, 0.4) is 0 Å². The van der Waals surface area contributed by atoms with E-state index in [0.29, 0.717) is 29.6 Å². The molecule has 154 valence electrons. The van der Waals surface area contributed by atoms with Gasteiger partial charge in [0.1, 0.15) is 28.5 Å². The van der Waals surface area contributed by atoms with Gasteiger partial charge in [-0.2, -0.15) is 0 Å². The van der Waals surface area contributed by atoms with Crippen LogP contribution in [0.5, 0.6) is 0 Å². The number of thiophene rings is 1. The molecule has 2 aromatic heterocycles. The molecule has 9 heteroatoms. The van der Waals surface area contributed by atoms with Gasteiger partial charge < -0.3 is 9.84 Å². The normalized spacial score (nSPS) is 18.0. The van der Waals surface area contributed by atoms with Crippen molar-refractivity contribution < 1.29 is 23.4 Å². The molecule has 0 spiro atoms. The lowest BCUT2D eigenvalue weighted by Crippen LogP contribution is -2.13. The van der Waals surface area contributed by atoms with Gasteiger partial charge in [0, 0.05) is 28.8 Å². The zero-order chi connectivity index (χ0) is 21.0. The lowest BCUT2D eigenvalue weighted by atomic mass is 9.97. The molecule has 0 amide bonds. The van der Waals surface area contributed by atoms with Crippen molar-refractivity contribution in [1.29, 1.82) is 0 Å². The van der Waals surface area contributed by atoms with Crippen molar-refractivity contribution in [2.24, 2.45) is 4.99 Å². The molecule has 2 aliphatic heterocycles. The van der Waals surface area contributed by atoms with Gasteiger partial charge in [0.2, 0.25) is 0 Å². The number of ether oxygens (including phenoxy) is 1. The summed E-state index contributed by atoms with van der Waals surface area (Å²) in [6.07, 6.45) is 3.05. The highest BCUT2D eigenvalue weighted by atomic mass is 32.1. The first-order chi connectivity index (χ1) is 14.5. The summed E-state index contributed by atoms with van der Waals surface area (Å²) < 4.78 is 37.0. The predicted octanol–water partition coefficient (Wildman–Crippen LogP) is 4.29. The molecule has 6 nitrogen and oxygen atoms in total. The molecule has 2 aliphatic rings. The second-order valence-electron chi connectivity index (χ2n) is 7.25. The largest absolute Gasteiger partial charge is 0.476 e. The van der Waals surface area contributed by atoms with Crippen molar-refractivity contribution in [2.45, 2.75) is 32.4 Å². The summed E-state index contributed by atoms with van der Waals surface area (Å²) in [6, 6.07) is 3.13. The Morgan fingerprint density at radius 1 is 1.30 bits per heavy atom. The average Bonchev–Trinajstić information content (AvgIpc) is 3.19. The third kappa shape index (κ3) is 2.88. The maximum absolute atomic E-state index is 14.8. The summed E-state index contributed by atoms with van der Waals surface area (Å²) in [5.74, 6) is -2.13.